The predicted octanol–water partition coefficient (Wildman–Crippen LogP) is 4.08. The van der Waals surface area contributed by atoms with Crippen LogP contribution < -0.4 is 4.74 Å². The molecule has 0 radical (unpaired) electrons. The van der Waals surface area contributed by atoms with Crippen LogP contribution in [-0.2, 0) is 4.79 Å². The van der Waals surface area contributed by atoms with Gasteiger partial charge in [0.15, 0.2) is 0 Å². The Morgan fingerprint density at radius 2 is 1.82 bits per heavy atom. The van der Waals surface area contributed by atoms with Gasteiger partial charge in [-0.2, -0.15) is 0 Å². The van der Waals surface area contributed by atoms with Crippen molar-refractivity contribution in [1.82, 2.24) is 0 Å². The zero-order valence-electron chi connectivity index (χ0n) is 11.1. The molecule has 0 amide bonds. The lowest BCUT2D eigenvalue weighted by atomic mass is 9.89. The van der Waals surface area contributed by atoms with E-state index in [2.05, 4.69) is 43.6 Å². The van der Waals surface area contributed by atoms with Gasteiger partial charge < -0.3 is 9.53 Å². The van der Waals surface area contributed by atoms with Crippen molar-refractivity contribution in [3.8, 4) is 5.75 Å². The summed E-state index contributed by atoms with van der Waals surface area (Å²) in [6.07, 6.45) is 1.48. The Balaban J connectivity index is 3.51. The van der Waals surface area contributed by atoms with E-state index in [0.717, 1.165) is 27.6 Å². The average Bonchev–Trinajstić information content (AvgIpc) is 2.31. The van der Waals surface area contributed by atoms with Gasteiger partial charge in [-0.15, -0.1) is 0 Å². The quantitative estimate of drug-likeness (QED) is 0.783. The summed E-state index contributed by atoms with van der Waals surface area (Å²) in [5.41, 5.74) is 4.63. The number of carbonyl (C=O) groups is 1. The molecular formula is C14H19BrO2. The molecule has 94 valence electrons. The Labute approximate surface area is 111 Å². The Morgan fingerprint density at radius 1 is 1.24 bits per heavy atom. The SMILES string of the molecule is COc1c(C)c(C)c(Br)c(C)c1C(C)CC=O. The van der Waals surface area contributed by atoms with Crippen molar-refractivity contribution in [3.63, 3.8) is 0 Å². The predicted molar refractivity (Wildman–Crippen MR) is 74.0 cm³/mol. The standard InChI is InChI=1S/C14H19BrO2/c1-8(6-7-16)12-11(4)13(15)9(2)10(3)14(12)17-5/h7-8H,6H2,1-5H3. The molecule has 0 aliphatic carbocycles. The van der Waals surface area contributed by atoms with Gasteiger partial charge in [0.1, 0.15) is 12.0 Å². The van der Waals surface area contributed by atoms with Gasteiger partial charge in [-0.05, 0) is 43.4 Å². The van der Waals surface area contributed by atoms with Crippen LogP contribution in [0.25, 0.3) is 0 Å². The van der Waals surface area contributed by atoms with Gasteiger partial charge in [0.25, 0.3) is 0 Å². The summed E-state index contributed by atoms with van der Waals surface area (Å²) < 4.78 is 6.64. The number of aldehydes is 1. The molecule has 0 spiro atoms. The van der Waals surface area contributed by atoms with Gasteiger partial charge in [0.05, 0.1) is 7.11 Å². The van der Waals surface area contributed by atoms with Gasteiger partial charge >= 0.3 is 0 Å². The first-order valence-electron chi connectivity index (χ1n) is 5.72. The van der Waals surface area contributed by atoms with Gasteiger partial charge in [-0.25, -0.2) is 0 Å². The molecule has 0 saturated heterocycles. The highest BCUT2D eigenvalue weighted by molar-refractivity contribution is 9.10. The fourth-order valence-electron chi connectivity index (χ4n) is 2.23. The highest BCUT2D eigenvalue weighted by Crippen LogP contribution is 2.40. The number of rotatable bonds is 4. The highest BCUT2D eigenvalue weighted by Gasteiger charge is 2.20. The Bertz CT molecular complexity index is 439. The smallest absolute Gasteiger partial charge is 0.125 e. The van der Waals surface area contributed by atoms with E-state index < -0.39 is 0 Å². The molecule has 1 unspecified atom stereocenters. The van der Waals surface area contributed by atoms with Crippen molar-refractivity contribution in [2.75, 3.05) is 7.11 Å². The normalized spacial score (nSPS) is 12.4. The monoisotopic (exact) mass is 298 g/mol. The van der Waals surface area contributed by atoms with E-state index >= 15 is 0 Å². The van der Waals surface area contributed by atoms with Crippen LogP contribution in [0.1, 0.15) is 41.5 Å². The van der Waals surface area contributed by atoms with Crippen LogP contribution in [0.3, 0.4) is 0 Å². The Morgan fingerprint density at radius 3 is 2.29 bits per heavy atom. The number of hydrogen-bond acceptors (Lipinski definition) is 2. The number of ether oxygens (including phenoxy) is 1. The first-order valence-corrected chi connectivity index (χ1v) is 6.51. The van der Waals surface area contributed by atoms with E-state index in [4.69, 9.17) is 4.74 Å². The zero-order chi connectivity index (χ0) is 13.2. The molecule has 0 aromatic heterocycles. The number of benzene rings is 1. The van der Waals surface area contributed by atoms with Gasteiger partial charge in [0.2, 0.25) is 0 Å². The van der Waals surface area contributed by atoms with Crippen molar-refractivity contribution in [2.45, 2.75) is 40.0 Å². The molecular weight excluding hydrogens is 280 g/mol. The summed E-state index contributed by atoms with van der Waals surface area (Å²) >= 11 is 3.62. The third-order valence-electron chi connectivity index (χ3n) is 3.36. The number of methoxy groups -OCH3 is 1. The van der Waals surface area contributed by atoms with Crippen LogP contribution in [-0.4, -0.2) is 13.4 Å². The number of carbonyl (C=O) groups excluding carboxylic acids is 1. The minimum Gasteiger partial charge on any atom is -0.496 e. The largest absolute Gasteiger partial charge is 0.496 e. The zero-order valence-corrected chi connectivity index (χ0v) is 12.6. The number of halogens is 1. The van der Waals surface area contributed by atoms with Crippen LogP contribution >= 0.6 is 15.9 Å². The molecule has 0 heterocycles. The summed E-state index contributed by atoms with van der Waals surface area (Å²) in [7, 11) is 1.69. The maximum Gasteiger partial charge on any atom is 0.125 e. The molecule has 1 atom stereocenters. The van der Waals surface area contributed by atoms with Crippen LogP contribution in [0.15, 0.2) is 4.47 Å². The summed E-state index contributed by atoms with van der Waals surface area (Å²) in [4.78, 5) is 10.7. The van der Waals surface area contributed by atoms with E-state index in [0.29, 0.717) is 6.42 Å². The third kappa shape index (κ3) is 2.54. The minimum atomic E-state index is 0.179. The van der Waals surface area contributed by atoms with Gasteiger partial charge in [-0.1, -0.05) is 22.9 Å². The molecule has 0 fully saturated rings. The average molecular weight is 299 g/mol. The molecule has 0 aliphatic heterocycles. The second-order valence-electron chi connectivity index (χ2n) is 4.44. The first kappa shape index (κ1) is 14.2. The van der Waals surface area contributed by atoms with E-state index in [1.165, 1.54) is 11.1 Å². The van der Waals surface area contributed by atoms with Crippen LogP contribution in [0, 0.1) is 20.8 Å². The van der Waals surface area contributed by atoms with E-state index in [1.807, 2.05) is 0 Å². The maximum absolute atomic E-state index is 10.7. The van der Waals surface area contributed by atoms with Crippen LogP contribution in [0.5, 0.6) is 5.75 Å². The van der Waals surface area contributed by atoms with Gasteiger partial charge in [-0.3, -0.25) is 0 Å². The molecule has 0 aliphatic rings. The first-order chi connectivity index (χ1) is 7.95. The molecule has 0 bridgehead atoms. The van der Waals surface area contributed by atoms with E-state index in [1.54, 1.807) is 7.11 Å². The van der Waals surface area contributed by atoms with Crippen molar-refractivity contribution in [2.24, 2.45) is 0 Å². The Kier molecular flexibility index (Phi) is 4.75. The van der Waals surface area contributed by atoms with Crippen LogP contribution in [0.2, 0.25) is 0 Å². The molecule has 3 heteroatoms. The Hall–Kier alpha value is -0.830. The molecule has 1 aromatic carbocycles. The fourth-order valence-corrected chi connectivity index (χ4v) is 2.74. The van der Waals surface area contributed by atoms with E-state index in [9.17, 15) is 4.79 Å². The molecule has 0 saturated carbocycles. The van der Waals surface area contributed by atoms with Crippen LogP contribution in [0.4, 0.5) is 0 Å². The molecule has 1 aromatic rings. The molecule has 2 nitrogen and oxygen atoms in total. The minimum absolute atomic E-state index is 0.179. The second kappa shape index (κ2) is 5.67. The molecule has 17 heavy (non-hydrogen) atoms. The molecule has 0 N–H and O–H groups in total. The molecule has 1 rings (SSSR count). The highest BCUT2D eigenvalue weighted by atomic mass is 79.9. The summed E-state index contributed by atoms with van der Waals surface area (Å²) in [5, 5.41) is 0. The lowest BCUT2D eigenvalue weighted by Gasteiger charge is -2.22. The second-order valence-corrected chi connectivity index (χ2v) is 5.23. The topological polar surface area (TPSA) is 26.3 Å². The maximum atomic E-state index is 10.7. The third-order valence-corrected chi connectivity index (χ3v) is 4.55. The fraction of sp³-hybridized carbons (Fsp3) is 0.500. The van der Waals surface area contributed by atoms with Crippen molar-refractivity contribution >= 4 is 22.2 Å². The lowest BCUT2D eigenvalue weighted by molar-refractivity contribution is -0.108. The van der Waals surface area contributed by atoms with Gasteiger partial charge in [0, 0.05) is 16.5 Å². The number of hydrogen-bond donors (Lipinski definition) is 0. The summed E-state index contributed by atoms with van der Waals surface area (Å²) in [5.74, 6) is 1.09. The summed E-state index contributed by atoms with van der Waals surface area (Å²) in [6, 6.07) is 0. The van der Waals surface area contributed by atoms with Crippen molar-refractivity contribution in [1.29, 1.82) is 0 Å². The van der Waals surface area contributed by atoms with Crippen molar-refractivity contribution in [3.05, 3.63) is 26.7 Å². The van der Waals surface area contributed by atoms with E-state index in [-0.39, 0.29) is 5.92 Å². The van der Waals surface area contributed by atoms with Crippen molar-refractivity contribution < 1.29 is 9.53 Å². The summed E-state index contributed by atoms with van der Waals surface area (Å²) in [6.45, 7) is 8.24. The lowest BCUT2D eigenvalue weighted by Crippen LogP contribution is -2.05.